The highest BCUT2D eigenvalue weighted by Crippen LogP contribution is 2.09. The molecule has 0 spiro atoms. The lowest BCUT2D eigenvalue weighted by Gasteiger charge is -2.02. The number of hydrogen-bond acceptors (Lipinski definition) is 6. The summed E-state index contributed by atoms with van der Waals surface area (Å²) in [7, 11) is 0. The third kappa shape index (κ3) is 27.5. The second kappa shape index (κ2) is 25.8. The Bertz CT molecular complexity index is 600. The standard InChI is InChI=1S/C20H32O4.C5H12N2O2/c1-2-3-4-5-6-7-8-9-10-11-12-13-14-16-19(24-23)17-15-18-20(21)22;6-3-1-2-4(7)5(8)9/h7-10,12-13,16,23H,2-6,11,14-15,17-18H2,1H3,(H,21,22);4H,1-3,6-7H2,(H,8,9)/b8-7+,10-9+,13-12+,19-16-;. The predicted octanol–water partition coefficient (Wildman–Crippen LogP) is 5.17. The Balaban J connectivity index is 0. The van der Waals surface area contributed by atoms with Gasteiger partial charge in [-0.15, -0.1) is 0 Å². The Kier molecular flexibility index (Phi) is 25.6. The van der Waals surface area contributed by atoms with Crippen LogP contribution in [0.15, 0.2) is 48.3 Å². The second-order valence-electron chi connectivity index (χ2n) is 7.53. The van der Waals surface area contributed by atoms with Gasteiger partial charge in [0.25, 0.3) is 0 Å². The third-order valence-electron chi connectivity index (χ3n) is 4.50. The van der Waals surface area contributed by atoms with Crippen LogP contribution in [0.2, 0.25) is 0 Å². The molecule has 0 bridgehead atoms. The number of aliphatic carboxylic acids is 2. The molecular weight excluding hydrogens is 424 g/mol. The summed E-state index contributed by atoms with van der Waals surface area (Å²) in [5, 5.41) is 25.5. The van der Waals surface area contributed by atoms with Gasteiger partial charge in [0.1, 0.15) is 11.8 Å². The maximum absolute atomic E-state index is 10.4. The molecule has 190 valence electrons. The first kappa shape index (κ1) is 32.8. The number of unbranched alkanes of at least 4 members (excludes halogenated alkanes) is 4. The molecule has 0 saturated carbocycles. The minimum Gasteiger partial charge on any atom is -0.481 e. The summed E-state index contributed by atoms with van der Waals surface area (Å²) in [5.41, 5.74) is 10.3. The summed E-state index contributed by atoms with van der Waals surface area (Å²) in [5.74, 6) is -1.38. The fourth-order valence-electron chi connectivity index (χ4n) is 2.55. The molecule has 7 N–H and O–H groups in total. The predicted molar refractivity (Wildman–Crippen MR) is 133 cm³/mol. The Morgan fingerprint density at radius 3 is 2.21 bits per heavy atom. The van der Waals surface area contributed by atoms with Crippen LogP contribution in [0.5, 0.6) is 0 Å². The molecule has 8 nitrogen and oxygen atoms in total. The molecule has 0 fully saturated rings. The van der Waals surface area contributed by atoms with Gasteiger partial charge in [-0.05, 0) is 57.6 Å². The van der Waals surface area contributed by atoms with Gasteiger partial charge < -0.3 is 26.6 Å². The lowest BCUT2D eigenvalue weighted by molar-refractivity contribution is -0.206. The van der Waals surface area contributed by atoms with Crippen LogP contribution < -0.4 is 11.5 Å². The summed E-state index contributed by atoms with van der Waals surface area (Å²) in [6.07, 6.45) is 24.2. The molecule has 0 saturated heterocycles. The molecule has 0 aliphatic rings. The first-order chi connectivity index (χ1) is 15.9. The van der Waals surface area contributed by atoms with Gasteiger partial charge in [-0.1, -0.05) is 62.6 Å². The fourth-order valence-corrected chi connectivity index (χ4v) is 2.55. The molecule has 1 unspecified atom stereocenters. The van der Waals surface area contributed by atoms with Crippen molar-refractivity contribution in [1.82, 2.24) is 0 Å². The van der Waals surface area contributed by atoms with Crippen molar-refractivity contribution in [3.8, 4) is 0 Å². The fraction of sp³-hybridized carbons (Fsp3) is 0.600. The normalized spacial score (nSPS) is 12.8. The zero-order valence-electron chi connectivity index (χ0n) is 20.0. The molecule has 0 heterocycles. The molecule has 0 aliphatic heterocycles. The van der Waals surface area contributed by atoms with E-state index in [0.717, 1.165) is 12.8 Å². The number of carboxylic acid groups (broad SMARTS) is 2. The van der Waals surface area contributed by atoms with E-state index in [4.69, 9.17) is 26.9 Å². The molecule has 0 amide bonds. The van der Waals surface area contributed by atoms with Crippen LogP contribution >= 0.6 is 0 Å². The average molecular weight is 469 g/mol. The van der Waals surface area contributed by atoms with Crippen LogP contribution in [0, 0.1) is 0 Å². The molecule has 0 aromatic heterocycles. The summed E-state index contributed by atoms with van der Waals surface area (Å²) in [6, 6.07) is -0.742. The minimum atomic E-state index is -0.955. The summed E-state index contributed by atoms with van der Waals surface area (Å²) >= 11 is 0. The quantitative estimate of drug-likeness (QED) is 0.0434. The van der Waals surface area contributed by atoms with Crippen molar-refractivity contribution in [3.05, 3.63) is 48.3 Å². The van der Waals surface area contributed by atoms with Gasteiger partial charge in [0.05, 0.1) is 0 Å². The van der Waals surface area contributed by atoms with E-state index in [1.165, 1.54) is 25.7 Å². The molecule has 1 atom stereocenters. The molecule has 0 aromatic carbocycles. The zero-order chi connectivity index (χ0) is 25.2. The topological polar surface area (TPSA) is 156 Å². The first-order valence-electron chi connectivity index (χ1n) is 11.8. The van der Waals surface area contributed by atoms with E-state index >= 15 is 0 Å². The van der Waals surface area contributed by atoms with E-state index < -0.39 is 18.0 Å². The van der Waals surface area contributed by atoms with Crippen molar-refractivity contribution >= 4 is 11.9 Å². The van der Waals surface area contributed by atoms with Gasteiger partial charge in [-0.2, -0.15) is 0 Å². The smallest absolute Gasteiger partial charge is 0.320 e. The lowest BCUT2D eigenvalue weighted by atomic mass is 10.1. The van der Waals surface area contributed by atoms with Crippen LogP contribution in [0.1, 0.15) is 84.0 Å². The molecule has 33 heavy (non-hydrogen) atoms. The Morgan fingerprint density at radius 2 is 1.61 bits per heavy atom. The zero-order valence-corrected chi connectivity index (χ0v) is 20.0. The molecular formula is C25H44N2O6. The maximum atomic E-state index is 10.4. The summed E-state index contributed by atoms with van der Waals surface area (Å²) < 4.78 is 0. The van der Waals surface area contributed by atoms with Crippen molar-refractivity contribution in [1.29, 1.82) is 0 Å². The molecule has 8 heteroatoms. The summed E-state index contributed by atoms with van der Waals surface area (Å²) in [6.45, 7) is 2.72. The number of allylic oxidation sites excluding steroid dienone is 8. The van der Waals surface area contributed by atoms with Gasteiger partial charge in [0.2, 0.25) is 0 Å². The molecule has 0 rings (SSSR count). The van der Waals surface area contributed by atoms with Gasteiger partial charge >= 0.3 is 11.9 Å². The first-order valence-corrected chi connectivity index (χ1v) is 11.8. The van der Waals surface area contributed by atoms with Crippen LogP contribution in [-0.4, -0.2) is 40.0 Å². The molecule has 0 aromatic rings. The Hall–Kier alpha value is -2.42. The van der Waals surface area contributed by atoms with E-state index in [2.05, 4.69) is 36.1 Å². The minimum absolute atomic E-state index is 0.0768. The number of carbonyl (C=O) groups is 2. The van der Waals surface area contributed by atoms with Gasteiger partial charge in [-0.25, -0.2) is 5.26 Å². The average Bonchev–Trinajstić information content (AvgIpc) is 2.79. The van der Waals surface area contributed by atoms with Crippen LogP contribution in [0.3, 0.4) is 0 Å². The van der Waals surface area contributed by atoms with E-state index in [1.807, 2.05) is 12.2 Å². The molecule has 0 aliphatic carbocycles. The van der Waals surface area contributed by atoms with E-state index in [1.54, 1.807) is 6.08 Å². The molecule has 0 radical (unpaired) electrons. The van der Waals surface area contributed by atoms with Crippen LogP contribution in [-0.2, 0) is 14.5 Å². The Labute approximate surface area is 198 Å². The number of hydrogen-bond donors (Lipinski definition) is 5. The third-order valence-corrected chi connectivity index (χ3v) is 4.50. The lowest BCUT2D eigenvalue weighted by Crippen LogP contribution is -2.30. The Morgan fingerprint density at radius 1 is 0.909 bits per heavy atom. The van der Waals surface area contributed by atoms with Gasteiger partial charge in [0, 0.05) is 12.8 Å². The van der Waals surface area contributed by atoms with Crippen molar-refractivity contribution in [3.63, 3.8) is 0 Å². The van der Waals surface area contributed by atoms with E-state index in [-0.39, 0.29) is 6.42 Å². The SMILES string of the molecule is CCCCCC/C=C/C=C/C/C=C/C/C=C(/CCCC(=O)O)OO.NCCCC(N)C(=O)O. The summed E-state index contributed by atoms with van der Waals surface area (Å²) in [4.78, 5) is 24.7. The maximum Gasteiger partial charge on any atom is 0.320 e. The highest BCUT2D eigenvalue weighted by atomic mass is 17.1. The van der Waals surface area contributed by atoms with Crippen molar-refractivity contribution < 1.29 is 29.9 Å². The monoisotopic (exact) mass is 468 g/mol. The largest absolute Gasteiger partial charge is 0.481 e. The van der Waals surface area contributed by atoms with Crippen LogP contribution in [0.25, 0.3) is 0 Å². The van der Waals surface area contributed by atoms with Crippen molar-refractivity contribution in [2.45, 2.75) is 90.0 Å². The second-order valence-corrected chi connectivity index (χ2v) is 7.53. The highest BCUT2D eigenvalue weighted by molar-refractivity contribution is 5.72. The van der Waals surface area contributed by atoms with Crippen LogP contribution in [0.4, 0.5) is 0 Å². The van der Waals surface area contributed by atoms with Crippen molar-refractivity contribution in [2.24, 2.45) is 11.5 Å². The number of nitrogens with two attached hydrogens (primary N) is 2. The van der Waals surface area contributed by atoms with Gasteiger partial charge in [-0.3, -0.25) is 9.59 Å². The number of rotatable bonds is 19. The van der Waals surface area contributed by atoms with Gasteiger partial charge in [0.15, 0.2) is 0 Å². The van der Waals surface area contributed by atoms with E-state index in [0.29, 0.717) is 44.4 Å². The highest BCUT2D eigenvalue weighted by Gasteiger charge is 2.08. The van der Waals surface area contributed by atoms with E-state index in [9.17, 15) is 9.59 Å². The number of carboxylic acids is 2. The van der Waals surface area contributed by atoms with Crippen molar-refractivity contribution in [2.75, 3.05) is 6.54 Å².